The molecule has 5 nitrogen and oxygen atoms in total. The van der Waals surface area contributed by atoms with Crippen LogP contribution in [0.15, 0.2) is 0 Å². The molecule has 1 saturated heterocycles. The molecule has 0 unspecified atom stereocenters. The van der Waals surface area contributed by atoms with E-state index in [1.54, 1.807) is 0 Å². The van der Waals surface area contributed by atoms with E-state index in [1.165, 1.54) is 4.31 Å². The fourth-order valence-corrected chi connectivity index (χ4v) is 3.60. The van der Waals surface area contributed by atoms with Crippen LogP contribution in [0.25, 0.3) is 0 Å². The molecule has 0 aromatic rings. The predicted molar refractivity (Wildman–Crippen MR) is 66.2 cm³/mol. The van der Waals surface area contributed by atoms with Crippen LogP contribution in [0.2, 0.25) is 0 Å². The van der Waals surface area contributed by atoms with E-state index >= 15 is 0 Å². The SMILES string of the molecule is NC(=S)C1CCN(S(=O)(=O)NC2CC2)CC1. The van der Waals surface area contributed by atoms with Gasteiger partial charge in [-0.25, -0.2) is 0 Å². The zero-order chi connectivity index (χ0) is 11.8. The summed E-state index contributed by atoms with van der Waals surface area (Å²) in [5.41, 5.74) is 5.56. The van der Waals surface area contributed by atoms with E-state index in [9.17, 15) is 8.42 Å². The van der Waals surface area contributed by atoms with Crippen LogP contribution in [0, 0.1) is 5.92 Å². The third kappa shape index (κ3) is 2.91. The summed E-state index contributed by atoms with van der Waals surface area (Å²) in [5, 5.41) is 0. The van der Waals surface area contributed by atoms with Gasteiger partial charge in [0.2, 0.25) is 0 Å². The molecule has 16 heavy (non-hydrogen) atoms. The van der Waals surface area contributed by atoms with Crippen molar-refractivity contribution in [1.29, 1.82) is 0 Å². The number of nitrogens with zero attached hydrogens (tertiary/aromatic N) is 1. The average Bonchev–Trinajstić information content (AvgIpc) is 3.01. The van der Waals surface area contributed by atoms with Crippen molar-refractivity contribution < 1.29 is 8.42 Å². The molecule has 7 heteroatoms. The van der Waals surface area contributed by atoms with Crippen LogP contribution in [0.3, 0.4) is 0 Å². The molecule has 0 amide bonds. The zero-order valence-corrected chi connectivity index (χ0v) is 10.7. The molecule has 0 aromatic carbocycles. The van der Waals surface area contributed by atoms with Crippen molar-refractivity contribution in [2.75, 3.05) is 13.1 Å². The molecule has 0 bridgehead atoms. The Morgan fingerprint density at radius 3 is 2.25 bits per heavy atom. The van der Waals surface area contributed by atoms with E-state index in [4.69, 9.17) is 18.0 Å². The average molecular weight is 263 g/mol. The van der Waals surface area contributed by atoms with Gasteiger partial charge in [-0.2, -0.15) is 17.4 Å². The first-order chi connectivity index (χ1) is 7.49. The molecule has 0 spiro atoms. The van der Waals surface area contributed by atoms with E-state index in [0.717, 1.165) is 25.7 Å². The van der Waals surface area contributed by atoms with Crippen molar-refractivity contribution in [1.82, 2.24) is 9.03 Å². The first-order valence-corrected chi connectivity index (χ1v) is 7.40. The van der Waals surface area contributed by atoms with E-state index in [1.807, 2.05) is 0 Å². The summed E-state index contributed by atoms with van der Waals surface area (Å²) in [6.07, 6.45) is 3.40. The summed E-state index contributed by atoms with van der Waals surface area (Å²) in [6, 6.07) is 0.165. The van der Waals surface area contributed by atoms with Gasteiger partial charge in [0.15, 0.2) is 0 Å². The Morgan fingerprint density at radius 1 is 1.25 bits per heavy atom. The molecule has 1 saturated carbocycles. The van der Waals surface area contributed by atoms with Crippen molar-refractivity contribution in [3.63, 3.8) is 0 Å². The van der Waals surface area contributed by atoms with Gasteiger partial charge in [-0.1, -0.05) is 12.2 Å². The maximum atomic E-state index is 11.9. The second-order valence-electron chi connectivity index (χ2n) is 4.47. The molecule has 2 rings (SSSR count). The van der Waals surface area contributed by atoms with Crippen molar-refractivity contribution in [2.24, 2.45) is 11.7 Å². The molecule has 0 aromatic heterocycles. The number of rotatable bonds is 4. The summed E-state index contributed by atoms with van der Waals surface area (Å²) in [5.74, 6) is 0.197. The predicted octanol–water partition coefficient (Wildman–Crippen LogP) is -0.0187. The number of hydrogen-bond acceptors (Lipinski definition) is 3. The molecule has 3 N–H and O–H groups in total. The number of thiocarbonyl (C=S) groups is 1. The van der Waals surface area contributed by atoms with Gasteiger partial charge in [-0.05, 0) is 25.7 Å². The zero-order valence-electron chi connectivity index (χ0n) is 9.05. The molecule has 2 fully saturated rings. The van der Waals surface area contributed by atoms with Gasteiger partial charge in [0.1, 0.15) is 0 Å². The minimum Gasteiger partial charge on any atom is -0.393 e. The summed E-state index contributed by atoms with van der Waals surface area (Å²) < 4.78 is 27.9. The highest BCUT2D eigenvalue weighted by molar-refractivity contribution is 7.87. The monoisotopic (exact) mass is 263 g/mol. The maximum Gasteiger partial charge on any atom is 0.279 e. The minimum absolute atomic E-state index is 0.165. The van der Waals surface area contributed by atoms with Crippen molar-refractivity contribution >= 4 is 27.4 Å². The molecule has 1 heterocycles. The number of hydrogen-bond donors (Lipinski definition) is 2. The van der Waals surface area contributed by atoms with Crippen LogP contribution in [0.4, 0.5) is 0 Å². The van der Waals surface area contributed by atoms with Gasteiger partial charge in [-0.3, -0.25) is 0 Å². The highest BCUT2D eigenvalue weighted by atomic mass is 32.2. The molecular weight excluding hydrogens is 246 g/mol. The Kier molecular flexibility index (Phi) is 3.48. The maximum absolute atomic E-state index is 11.9. The van der Waals surface area contributed by atoms with Crippen molar-refractivity contribution in [3.05, 3.63) is 0 Å². The smallest absolute Gasteiger partial charge is 0.279 e. The van der Waals surface area contributed by atoms with Crippen molar-refractivity contribution in [3.8, 4) is 0 Å². The highest BCUT2D eigenvalue weighted by Gasteiger charge is 2.33. The fourth-order valence-electron chi connectivity index (χ4n) is 1.87. The van der Waals surface area contributed by atoms with Gasteiger partial charge in [0, 0.05) is 25.0 Å². The lowest BCUT2D eigenvalue weighted by Crippen LogP contribution is -2.47. The Hall–Kier alpha value is -0.240. The second-order valence-corrected chi connectivity index (χ2v) is 6.65. The highest BCUT2D eigenvalue weighted by Crippen LogP contribution is 2.23. The molecule has 92 valence electrons. The summed E-state index contributed by atoms with van der Waals surface area (Å²) in [4.78, 5) is 0.507. The van der Waals surface area contributed by atoms with Gasteiger partial charge >= 0.3 is 0 Å². The topological polar surface area (TPSA) is 75.4 Å². The van der Waals surface area contributed by atoms with Gasteiger partial charge < -0.3 is 5.73 Å². The van der Waals surface area contributed by atoms with Crippen LogP contribution in [0.1, 0.15) is 25.7 Å². The normalized spacial score (nSPS) is 24.5. The number of nitrogens with two attached hydrogens (primary N) is 1. The molecule has 0 radical (unpaired) electrons. The minimum atomic E-state index is -3.27. The van der Waals surface area contributed by atoms with E-state index in [-0.39, 0.29) is 12.0 Å². The Bertz CT molecular complexity index is 370. The van der Waals surface area contributed by atoms with Crippen LogP contribution in [-0.2, 0) is 10.2 Å². The number of piperidine rings is 1. The summed E-state index contributed by atoms with van der Waals surface area (Å²) in [7, 11) is -3.27. The standard InChI is InChI=1S/C9H17N3O2S2/c10-9(15)7-3-5-12(6-4-7)16(13,14)11-8-1-2-8/h7-8,11H,1-6H2,(H2,10,15). The van der Waals surface area contributed by atoms with Crippen molar-refractivity contribution in [2.45, 2.75) is 31.7 Å². The Balaban J connectivity index is 1.90. The lowest BCUT2D eigenvalue weighted by atomic mass is 9.98. The lowest BCUT2D eigenvalue weighted by Gasteiger charge is -2.30. The second kappa shape index (κ2) is 4.56. The van der Waals surface area contributed by atoms with Crippen LogP contribution in [-0.4, -0.2) is 36.8 Å². The molecular formula is C9H17N3O2S2. The quantitative estimate of drug-likeness (QED) is 0.699. The Morgan fingerprint density at radius 2 is 1.81 bits per heavy atom. The number of nitrogens with one attached hydrogen (secondary N) is 1. The third-order valence-electron chi connectivity index (χ3n) is 3.09. The first kappa shape index (κ1) is 12.2. The molecule has 0 atom stereocenters. The van der Waals surface area contributed by atoms with Gasteiger partial charge in [0.05, 0.1) is 4.99 Å². The fraction of sp³-hybridized carbons (Fsp3) is 0.889. The lowest BCUT2D eigenvalue weighted by molar-refractivity contribution is 0.312. The van der Waals surface area contributed by atoms with E-state index < -0.39 is 10.2 Å². The van der Waals surface area contributed by atoms with Crippen LogP contribution >= 0.6 is 12.2 Å². The third-order valence-corrected chi connectivity index (χ3v) is 5.10. The summed E-state index contributed by atoms with van der Waals surface area (Å²) in [6.45, 7) is 1.04. The molecule has 1 aliphatic carbocycles. The molecule has 1 aliphatic heterocycles. The van der Waals surface area contributed by atoms with E-state index in [0.29, 0.717) is 18.1 Å². The summed E-state index contributed by atoms with van der Waals surface area (Å²) >= 11 is 4.92. The van der Waals surface area contributed by atoms with E-state index in [2.05, 4.69) is 4.72 Å². The van der Waals surface area contributed by atoms with Gasteiger partial charge in [0.25, 0.3) is 10.2 Å². The first-order valence-electron chi connectivity index (χ1n) is 5.56. The Labute approximate surface area is 102 Å². The molecule has 2 aliphatic rings. The van der Waals surface area contributed by atoms with Crippen LogP contribution < -0.4 is 10.5 Å². The van der Waals surface area contributed by atoms with Gasteiger partial charge in [-0.15, -0.1) is 0 Å². The van der Waals surface area contributed by atoms with Crippen LogP contribution in [0.5, 0.6) is 0 Å². The largest absolute Gasteiger partial charge is 0.393 e.